The minimum atomic E-state index is -0.170. The summed E-state index contributed by atoms with van der Waals surface area (Å²) in [6.45, 7) is 2.91. The van der Waals surface area contributed by atoms with Gasteiger partial charge in [0, 0.05) is 12.7 Å². The fraction of sp³-hybridized carbons (Fsp3) is 0.625. The lowest BCUT2D eigenvalue weighted by Gasteiger charge is -2.05. The molecule has 1 aromatic rings. The molecule has 0 aliphatic carbocycles. The average molecular weight is 278 g/mol. The first kappa shape index (κ1) is 16.5. The Morgan fingerprint density at radius 3 is 2.40 bits per heavy atom. The molecule has 0 spiro atoms. The maximum Gasteiger partial charge on any atom is 0.252 e. The third kappa shape index (κ3) is 7.12. The van der Waals surface area contributed by atoms with E-state index in [2.05, 4.69) is 17.2 Å². The largest absolute Gasteiger partial charge is 0.506 e. The van der Waals surface area contributed by atoms with Crippen LogP contribution in [-0.2, 0) is 0 Å². The van der Waals surface area contributed by atoms with Gasteiger partial charge in [0.1, 0.15) is 5.75 Å². The summed E-state index contributed by atoms with van der Waals surface area (Å²) in [6, 6.07) is 1.43. The summed E-state index contributed by atoms with van der Waals surface area (Å²) in [4.78, 5) is 15.5. The number of carbonyl (C=O) groups excluding carboxylic acids is 1. The van der Waals surface area contributed by atoms with E-state index in [1.54, 1.807) is 0 Å². The maximum absolute atomic E-state index is 11.7. The molecule has 1 rings (SSSR count). The number of aromatic nitrogens is 1. The number of pyridine rings is 1. The van der Waals surface area contributed by atoms with Crippen molar-refractivity contribution in [1.82, 2.24) is 10.3 Å². The minimum Gasteiger partial charge on any atom is -0.506 e. The first-order valence-electron chi connectivity index (χ1n) is 7.66. The van der Waals surface area contributed by atoms with E-state index in [1.165, 1.54) is 57.0 Å². The molecule has 1 aromatic heterocycles. The zero-order valence-electron chi connectivity index (χ0n) is 12.4. The first-order chi connectivity index (χ1) is 9.74. The molecule has 20 heavy (non-hydrogen) atoms. The van der Waals surface area contributed by atoms with E-state index in [0.29, 0.717) is 12.1 Å². The second-order valence-electron chi connectivity index (χ2n) is 5.16. The van der Waals surface area contributed by atoms with Crippen LogP contribution < -0.4 is 5.32 Å². The van der Waals surface area contributed by atoms with Gasteiger partial charge in [-0.3, -0.25) is 9.78 Å². The lowest BCUT2D eigenvalue weighted by Crippen LogP contribution is -2.24. The number of hydrogen-bond donors (Lipinski definition) is 2. The second kappa shape index (κ2) is 10.2. The van der Waals surface area contributed by atoms with Gasteiger partial charge in [-0.2, -0.15) is 0 Å². The number of nitrogens with zero attached hydrogens (tertiary/aromatic N) is 1. The van der Waals surface area contributed by atoms with Crippen LogP contribution in [0.4, 0.5) is 0 Å². The highest BCUT2D eigenvalue weighted by Gasteiger charge is 2.05. The predicted molar refractivity (Wildman–Crippen MR) is 80.8 cm³/mol. The van der Waals surface area contributed by atoms with Crippen molar-refractivity contribution in [3.63, 3.8) is 0 Å². The SMILES string of the molecule is CCCCCCCCCCNC(=O)c1cncc(O)c1. The van der Waals surface area contributed by atoms with Crippen molar-refractivity contribution in [3.8, 4) is 5.75 Å². The molecule has 4 nitrogen and oxygen atoms in total. The molecule has 0 aliphatic rings. The molecule has 0 saturated carbocycles. The molecular formula is C16H26N2O2. The summed E-state index contributed by atoms with van der Waals surface area (Å²) in [5, 5.41) is 12.1. The van der Waals surface area contributed by atoms with Gasteiger partial charge < -0.3 is 10.4 Å². The monoisotopic (exact) mass is 278 g/mol. The molecule has 0 saturated heterocycles. The Balaban J connectivity index is 2.02. The van der Waals surface area contributed by atoms with Crippen LogP contribution >= 0.6 is 0 Å². The second-order valence-corrected chi connectivity index (χ2v) is 5.16. The summed E-state index contributed by atoms with van der Waals surface area (Å²) in [7, 11) is 0. The van der Waals surface area contributed by atoms with E-state index < -0.39 is 0 Å². The highest BCUT2D eigenvalue weighted by atomic mass is 16.3. The third-order valence-electron chi connectivity index (χ3n) is 3.30. The van der Waals surface area contributed by atoms with E-state index in [0.717, 1.165) is 12.8 Å². The molecule has 2 N–H and O–H groups in total. The molecule has 0 fully saturated rings. The molecular weight excluding hydrogens is 252 g/mol. The number of unbranched alkanes of at least 4 members (excludes halogenated alkanes) is 7. The van der Waals surface area contributed by atoms with Gasteiger partial charge in [0.15, 0.2) is 0 Å². The fourth-order valence-corrected chi connectivity index (χ4v) is 2.11. The van der Waals surface area contributed by atoms with Crippen molar-refractivity contribution in [2.75, 3.05) is 6.54 Å². The van der Waals surface area contributed by atoms with Crippen LogP contribution in [0.3, 0.4) is 0 Å². The lowest BCUT2D eigenvalue weighted by molar-refractivity contribution is 0.0952. The van der Waals surface area contributed by atoms with Gasteiger partial charge in [-0.15, -0.1) is 0 Å². The zero-order chi connectivity index (χ0) is 14.6. The van der Waals surface area contributed by atoms with Crippen LogP contribution in [0.25, 0.3) is 0 Å². The number of hydrogen-bond acceptors (Lipinski definition) is 3. The standard InChI is InChI=1S/C16H26N2O2/c1-2-3-4-5-6-7-8-9-10-18-16(20)14-11-15(19)13-17-12-14/h11-13,19H,2-10H2,1H3,(H,18,20). The third-order valence-corrected chi connectivity index (χ3v) is 3.30. The number of amides is 1. The molecule has 1 amide bonds. The number of carbonyl (C=O) groups is 1. The van der Waals surface area contributed by atoms with Crippen LogP contribution in [0.5, 0.6) is 5.75 Å². The van der Waals surface area contributed by atoms with Gasteiger partial charge in [0.05, 0.1) is 11.8 Å². The Bertz CT molecular complexity index is 394. The van der Waals surface area contributed by atoms with Gasteiger partial charge >= 0.3 is 0 Å². The van der Waals surface area contributed by atoms with Gasteiger partial charge in [0.25, 0.3) is 5.91 Å². The molecule has 0 aromatic carbocycles. The zero-order valence-corrected chi connectivity index (χ0v) is 12.4. The summed E-state index contributed by atoms with van der Waals surface area (Å²) in [5.74, 6) is -0.152. The van der Waals surface area contributed by atoms with E-state index in [1.807, 2.05) is 0 Å². The van der Waals surface area contributed by atoms with E-state index in [9.17, 15) is 9.90 Å². The molecule has 0 radical (unpaired) electrons. The maximum atomic E-state index is 11.7. The average Bonchev–Trinajstić information content (AvgIpc) is 2.45. The predicted octanol–water partition coefficient (Wildman–Crippen LogP) is 3.66. The quantitative estimate of drug-likeness (QED) is 0.642. The van der Waals surface area contributed by atoms with Crippen molar-refractivity contribution in [2.24, 2.45) is 0 Å². The molecule has 4 heteroatoms. The van der Waals surface area contributed by atoms with Crippen LogP contribution in [-0.4, -0.2) is 22.5 Å². The van der Waals surface area contributed by atoms with Crippen LogP contribution in [0.15, 0.2) is 18.5 Å². The summed E-state index contributed by atoms with van der Waals surface area (Å²) >= 11 is 0. The normalized spacial score (nSPS) is 10.4. The van der Waals surface area contributed by atoms with Gasteiger partial charge in [-0.05, 0) is 12.5 Å². The van der Waals surface area contributed by atoms with Crippen molar-refractivity contribution in [2.45, 2.75) is 58.3 Å². The molecule has 0 atom stereocenters. The van der Waals surface area contributed by atoms with Crippen molar-refractivity contribution in [3.05, 3.63) is 24.0 Å². The van der Waals surface area contributed by atoms with Crippen LogP contribution in [0.1, 0.15) is 68.6 Å². The summed E-state index contributed by atoms with van der Waals surface area (Å²) < 4.78 is 0. The van der Waals surface area contributed by atoms with Gasteiger partial charge in [-0.1, -0.05) is 51.9 Å². The Morgan fingerprint density at radius 2 is 1.75 bits per heavy atom. The molecule has 112 valence electrons. The molecule has 0 aliphatic heterocycles. The van der Waals surface area contributed by atoms with Crippen molar-refractivity contribution < 1.29 is 9.90 Å². The Morgan fingerprint density at radius 1 is 1.10 bits per heavy atom. The van der Waals surface area contributed by atoms with Gasteiger partial charge in [-0.25, -0.2) is 0 Å². The fourth-order valence-electron chi connectivity index (χ4n) is 2.11. The van der Waals surface area contributed by atoms with E-state index in [4.69, 9.17) is 0 Å². The Labute approximate surface area is 121 Å². The summed E-state index contributed by atoms with van der Waals surface area (Å²) in [6.07, 6.45) is 12.8. The lowest BCUT2D eigenvalue weighted by atomic mass is 10.1. The smallest absolute Gasteiger partial charge is 0.252 e. The Hall–Kier alpha value is -1.58. The van der Waals surface area contributed by atoms with E-state index >= 15 is 0 Å². The molecule has 0 bridgehead atoms. The number of nitrogens with one attached hydrogen (secondary N) is 1. The van der Waals surface area contributed by atoms with Crippen LogP contribution in [0, 0.1) is 0 Å². The van der Waals surface area contributed by atoms with Crippen LogP contribution in [0.2, 0.25) is 0 Å². The van der Waals surface area contributed by atoms with Crippen molar-refractivity contribution >= 4 is 5.91 Å². The van der Waals surface area contributed by atoms with Crippen molar-refractivity contribution in [1.29, 1.82) is 0 Å². The minimum absolute atomic E-state index is 0.0183. The number of aromatic hydroxyl groups is 1. The molecule has 1 heterocycles. The highest BCUT2D eigenvalue weighted by molar-refractivity contribution is 5.94. The Kier molecular flexibility index (Phi) is 8.43. The number of rotatable bonds is 10. The molecule has 0 unspecified atom stereocenters. The topological polar surface area (TPSA) is 62.2 Å². The van der Waals surface area contributed by atoms with Gasteiger partial charge in [0.2, 0.25) is 0 Å². The summed E-state index contributed by atoms with van der Waals surface area (Å²) in [5.41, 5.74) is 0.407. The first-order valence-corrected chi connectivity index (χ1v) is 7.66. The van der Waals surface area contributed by atoms with E-state index in [-0.39, 0.29) is 11.7 Å². The highest BCUT2D eigenvalue weighted by Crippen LogP contribution is 2.09.